The zero-order chi connectivity index (χ0) is 31.1. The second-order valence-corrected chi connectivity index (χ2v) is 13.2. The largest absolute Gasteiger partial charge is 0.481 e. The van der Waals surface area contributed by atoms with Crippen LogP contribution in [0.5, 0.6) is 0 Å². The van der Waals surface area contributed by atoms with Gasteiger partial charge in [0.2, 0.25) is 5.91 Å². The Hall–Kier alpha value is -3.91. The zero-order valence-electron chi connectivity index (χ0n) is 24.2. The minimum Gasteiger partial charge on any atom is -0.481 e. The molecule has 13 heteroatoms. The molecule has 1 atom stereocenters. The summed E-state index contributed by atoms with van der Waals surface area (Å²) in [6.07, 6.45) is 5.96. The Morgan fingerprint density at radius 2 is 1.89 bits per heavy atom. The Morgan fingerprint density at radius 3 is 2.61 bits per heavy atom. The summed E-state index contributed by atoms with van der Waals surface area (Å²) in [5.74, 6) is -1.13. The van der Waals surface area contributed by atoms with Gasteiger partial charge in [0.15, 0.2) is 10.9 Å². The van der Waals surface area contributed by atoms with Gasteiger partial charge in [-0.2, -0.15) is 0 Å². The summed E-state index contributed by atoms with van der Waals surface area (Å²) in [4.78, 5) is 38.9. The summed E-state index contributed by atoms with van der Waals surface area (Å²) < 4.78 is 16.4. The number of carboxylic acids is 1. The monoisotopic (exact) mass is 635 g/mol. The molecule has 5 N–H and O–H groups in total. The normalized spacial score (nSPS) is 15.1. The lowest BCUT2D eigenvalue weighted by Crippen LogP contribution is -2.53. The van der Waals surface area contributed by atoms with E-state index in [2.05, 4.69) is 37.7 Å². The molecule has 0 bridgehead atoms. The molecule has 1 amide bonds. The SMILES string of the molecule is Cc1ccnc(Nc2ncc(Sc3ccnc(CNCC4(c5ccccc5)CCN(C(=O)[C@@H](N)CC(=O)O)CC4)c3F)s2)c1. The van der Waals surface area contributed by atoms with Crippen LogP contribution < -0.4 is 16.4 Å². The Balaban J connectivity index is 1.22. The first-order chi connectivity index (χ1) is 21.2. The van der Waals surface area contributed by atoms with E-state index in [-0.39, 0.29) is 23.7 Å². The van der Waals surface area contributed by atoms with Crippen molar-refractivity contribution < 1.29 is 19.1 Å². The number of anilines is 2. The highest BCUT2D eigenvalue weighted by Crippen LogP contribution is 2.37. The zero-order valence-corrected chi connectivity index (χ0v) is 25.8. The number of nitrogens with two attached hydrogens (primary N) is 1. The van der Waals surface area contributed by atoms with E-state index in [4.69, 9.17) is 10.8 Å². The van der Waals surface area contributed by atoms with Crippen LogP contribution in [0.25, 0.3) is 0 Å². The van der Waals surface area contributed by atoms with Crippen molar-refractivity contribution in [3.63, 3.8) is 0 Å². The highest BCUT2D eigenvalue weighted by molar-refractivity contribution is 8.01. The van der Waals surface area contributed by atoms with Gasteiger partial charge in [-0.25, -0.2) is 14.4 Å². The maximum atomic E-state index is 15.6. The van der Waals surface area contributed by atoms with E-state index in [0.717, 1.165) is 15.3 Å². The van der Waals surface area contributed by atoms with Crippen LogP contribution in [0.15, 0.2) is 76.2 Å². The summed E-state index contributed by atoms with van der Waals surface area (Å²) in [6, 6.07) is 14.5. The lowest BCUT2D eigenvalue weighted by molar-refractivity contribution is -0.142. The fraction of sp³-hybridized carbons (Fsp3) is 0.323. The van der Waals surface area contributed by atoms with Gasteiger partial charge >= 0.3 is 5.97 Å². The minimum absolute atomic E-state index is 0.232. The maximum absolute atomic E-state index is 15.6. The smallest absolute Gasteiger partial charge is 0.305 e. The number of aromatic nitrogens is 3. The fourth-order valence-electron chi connectivity index (χ4n) is 5.30. The van der Waals surface area contributed by atoms with Crippen molar-refractivity contribution in [2.24, 2.45) is 5.73 Å². The highest BCUT2D eigenvalue weighted by atomic mass is 32.2. The number of nitrogens with zero attached hydrogens (tertiary/aromatic N) is 4. The van der Waals surface area contributed by atoms with Crippen LogP contribution >= 0.6 is 23.1 Å². The molecule has 0 aliphatic carbocycles. The van der Waals surface area contributed by atoms with Gasteiger partial charge in [-0.15, -0.1) is 0 Å². The summed E-state index contributed by atoms with van der Waals surface area (Å²) in [7, 11) is 0. The number of carboxylic acid groups (broad SMARTS) is 1. The van der Waals surface area contributed by atoms with Gasteiger partial charge in [-0.1, -0.05) is 53.4 Å². The molecular weight excluding hydrogens is 602 g/mol. The summed E-state index contributed by atoms with van der Waals surface area (Å²) in [5, 5.41) is 16.3. The van der Waals surface area contributed by atoms with Crippen molar-refractivity contribution in [1.29, 1.82) is 0 Å². The molecule has 3 aromatic heterocycles. The number of carbonyl (C=O) groups is 2. The predicted octanol–water partition coefficient (Wildman–Crippen LogP) is 4.73. The van der Waals surface area contributed by atoms with Gasteiger partial charge in [0, 0.05) is 44.0 Å². The Labute approximate surface area is 263 Å². The number of likely N-dealkylation sites (tertiary alicyclic amines) is 1. The number of piperidine rings is 1. The lowest BCUT2D eigenvalue weighted by atomic mass is 9.72. The molecule has 0 radical (unpaired) electrons. The molecular formula is C31H34FN7O3S2. The number of hydrogen-bond acceptors (Lipinski definition) is 10. The average Bonchev–Trinajstić information content (AvgIpc) is 3.45. The number of rotatable bonds is 12. The number of thiazole rings is 1. The van der Waals surface area contributed by atoms with Crippen molar-refractivity contribution >= 4 is 45.9 Å². The van der Waals surface area contributed by atoms with E-state index < -0.39 is 18.4 Å². The van der Waals surface area contributed by atoms with Crippen LogP contribution in [0.4, 0.5) is 15.3 Å². The van der Waals surface area contributed by atoms with Crippen LogP contribution in [-0.2, 0) is 21.5 Å². The first-order valence-corrected chi connectivity index (χ1v) is 15.8. The third-order valence-corrected chi connectivity index (χ3v) is 9.71. The van der Waals surface area contributed by atoms with Gasteiger partial charge in [-0.05, 0) is 49.1 Å². The standard InChI is InChI=1S/C31H34FN7O3S2/c1-20-7-11-36-25(15-20)38-30-37-18-27(44-30)43-24-8-12-35-23(28(24)32)17-34-19-31(21-5-3-2-4-6-21)9-13-39(14-10-31)29(42)22(33)16-26(40)41/h2-8,11-12,15,18,22,34H,9-10,13-14,16-17,19,33H2,1H3,(H,40,41)(H,36,37,38)/t22-/m0/s1. The third-order valence-electron chi connectivity index (χ3n) is 7.66. The quantitative estimate of drug-likeness (QED) is 0.172. The van der Waals surface area contributed by atoms with Crippen molar-refractivity contribution in [3.05, 3.63) is 89.8 Å². The van der Waals surface area contributed by atoms with E-state index in [1.807, 2.05) is 37.3 Å². The molecule has 4 aromatic rings. The molecule has 44 heavy (non-hydrogen) atoms. The molecule has 1 aromatic carbocycles. The number of aliphatic carboxylic acids is 1. The molecule has 1 fully saturated rings. The Morgan fingerprint density at radius 1 is 1.14 bits per heavy atom. The molecule has 5 rings (SSSR count). The second-order valence-electron chi connectivity index (χ2n) is 10.8. The predicted molar refractivity (Wildman–Crippen MR) is 169 cm³/mol. The van der Waals surface area contributed by atoms with Crippen LogP contribution in [-0.4, -0.2) is 62.5 Å². The van der Waals surface area contributed by atoms with Gasteiger partial charge in [0.1, 0.15) is 5.82 Å². The van der Waals surface area contributed by atoms with Crippen LogP contribution in [0.2, 0.25) is 0 Å². The number of pyridine rings is 2. The summed E-state index contributed by atoms with van der Waals surface area (Å²) in [5.41, 5.74) is 8.08. The summed E-state index contributed by atoms with van der Waals surface area (Å²) in [6.45, 7) is 3.68. The first kappa shape index (κ1) is 31.5. The fourth-order valence-corrected chi connectivity index (χ4v) is 7.19. The molecule has 0 spiro atoms. The maximum Gasteiger partial charge on any atom is 0.305 e. The van der Waals surface area contributed by atoms with Crippen molar-refractivity contribution in [2.45, 2.75) is 53.3 Å². The Bertz CT molecular complexity index is 1600. The van der Waals surface area contributed by atoms with E-state index >= 15 is 4.39 Å². The number of aryl methyl sites for hydroxylation is 1. The highest BCUT2D eigenvalue weighted by Gasteiger charge is 2.38. The molecule has 0 saturated carbocycles. The molecule has 10 nitrogen and oxygen atoms in total. The molecule has 1 saturated heterocycles. The molecule has 0 unspecified atom stereocenters. The van der Waals surface area contributed by atoms with Crippen LogP contribution in [0.1, 0.15) is 36.1 Å². The molecule has 1 aliphatic rings. The van der Waals surface area contributed by atoms with Crippen LogP contribution in [0.3, 0.4) is 0 Å². The van der Waals surface area contributed by atoms with Gasteiger partial charge in [-0.3, -0.25) is 14.6 Å². The van der Waals surface area contributed by atoms with Gasteiger partial charge < -0.3 is 26.4 Å². The lowest BCUT2D eigenvalue weighted by Gasteiger charge is -2.43. The molecule has 230 valence electrons. The number of nitrogens with one attached hydrogen (secondary N) is 2. The molecule has 1 aliphatic heterocycles. The number of hydrogen-bond donors (Lipinski definition) is 4. The third kappa shape index (κ3) is 7.78. The van der Waals surface area contributed by atoms with E-state index in [1.54, 1.807) is 29.6 Å². The van der Waals surface area contributed by atoms with Crippen molar-refractivity contribution in [2.75, 3.05) is 25.0 Å². The minimum atomic E-state index is -1.10. The van der Waals surface area contributed by atoms with Crippen molar-refractivity contribution in [3.8, 4) is 0 Å². The molecule has 4 heterocycles. The first-order valence-electron chi connectivity index (χ1n) is 14.2. The van der Waals surface area contributed by atoms with Gasteiger partial charge in [0.05, 0.1) is 33.5 Å². The average molecular weight is 636 g/mol. The van der Waals surface area contributed by atoms with E-state index in [1.165, 1.54) is 23.1 Å². The van der Waals surface area contributed by atoms with Crippen molar-refractivity contribution in [1.82, 2.24) is 25.2 Å². The summed E-state index contributed by atoms with van der Waals surface area (Å²) >= 11 is 2.71. The van der Waals surface area contributed by atoms with E-state index in [9.17, 15) is 9.59 Å². The Kier molecular flexibility index (Phi) is 10.2. The number of amides is 1. The number of halogens is 1. The van der Waals surface area contributed by atoms with E-state index in [0.29, 0.717) is 54.0 Å². The number of benzene rings is 1. The number of carbonyl (C=O) groups excluding carboxylic acids is 1. The second kappa shape index (κ2) is 14.2. The van der Waals surface area contributed by atoms with Crippen LogP contribution in [0, 0.1) is 12.7 Å². The topological polar surface area (TPSA) is 146 Å². The van der Waals surface area contributed by atoms with Gasteiger partial charge in [0.25, 0.3) is 0 Å².